The highest BCUT2D eigenvalue weighted by Gasteiger charge is 2.36. The molecule has 0 radical (unpaired) electrons. The van der Waals surface area contributed by atoms with Crippen molar-refractivity contribution in [1.29, 1.82) is 0 Å². The van der Waals surface area contributed by atoms with Gasteiger partial charge in [0.2, 0.25) is 5.91 Å². The van der Waals surface area contributed by atoms with E-state index in [-0.39, 0.29) is 36.5 Å². The summed E-state index contributed by atoms with van der Waals surface area (Å²) in [6.45, 7) is 2.55. The van der Waals surface area contributed by atoms with E-state index in [1.54, 1.807) is 13.2 Å². The zero-order valence-corrected chi connectivity index (χ0v) is 31.1. The summed E-state index contributed by atoms with van der Waals surface area (Å²) in [7, 11) is 1.68. The fraction of sp³-hybridized carbons (Fsp3) is 0.326. The maximum atomic E-state index is 15.0. The molecule has 2 amide bonds. The van der Waals surface area contributed by atoms with Crippen LogP contribution in [-0.4, -0.2) is 75.9 Å². The number of likely N-dealkylation sites (tertiary alicyclic amines) is 1. The second-order valence-electron chi connectivity index (χ2n) is 14.5. The van der Waals surface area contributed by atoms with Crippen molar-refractivity contribution in [1.82, 2.24) is 19.4 Å². The lowest BCUT2D eigenvalue weighted by Gasteiger charge is -2.36. The number of carbonyl (C=O) groups is 2. The summed E-state index contributed by atoms with van der Waals surface area (Å²) in [6, 6.07) is 28.7. The van der Waals surface area contributed by atoms with Gasteiger partial charge in [0, 0.05) is 75.3 Å². The average Bonchev–Trinajstić information content (AvgIpc) is 3.84. The van der Waals surface area contributed by atoms with E-state index in [9.17, 15) is 14.7 Å². The highest BCUT2D eigenvalue weighted by atomic mass is 32.1. The maximum Gasteiger partial charge on any atom is 0.407 e. The molecule has 54 heavy (non-hydrogen) atoms. The van der Waals surface area contributed by atoms with Gasteiger partial charge in [-0.2, -0.15) is 0 Å². The first-order valence-electron chi connectivity index (χ1n) is 18.7. The molecule has 6 aromatic rings. The molecule has 1 aliphatic heterocycles. The van der Waals surface area contributed by atoms with Crippen LogP contribution in [0.25, 0.3) is 32.2 Å². The number of fused-ring (bicyclic) bond motifs is 5. The highest BCUT2D eigenvalue weighted by molar-refractivity contribution is 7.22. The molecule has 278 valence electrons. The van der Waals surface area contributed by atoms with Gasteiger partial charge in [0.15, 0.2) is 5.13 Å². The number of aryl methyl sites for hydroxylation is 1. The molecular weight excluding hydrogens is 702 g/mol. The number of aromatic nitrogens is 2. The number of halogens is 1. The van der Waals surface area contributed by atoms with Crippen molar-refractivity contribution in [3.63, 3.8) is 0 Å². The summed E-state index contributed by atoms with van der Waals surface area (Å²) in [6.07, 6.45) is 1.77. The van der Waals surface area contributed by atoms with Crippen LogP contribution in [0.4, 0.5) is 14.3 Å². The zero-order valence-electron chi connectivity index (χ0n) is 30.3. The summed E-state index contributed by atoms with van der Waals surface area (Å²) < 4.78 is 23.5. The number of ether oxygens (including phenoxy) is 1. The molecular formula is C43H44FN5O4S. The molecule has 2 aliphatic rings. The minimum absolute atomic E-state index is 0.0109. The van der Waals surface area contributed by atoms with E-state index >= 15 is 4.39 Å². The van der Waals surface area contributed by atoms with Gasteiger partial charge in [-0.15, -0.1) is 0 Å². The second kappa shape index (κ2) is 15.2. The number of nitrogen functional groups attached to an aromatic ring is 1. The Bertz CT molecular complexity index is 2290. The van der Waals surface area contributed by atoms with E-state index in [1.165, 1.54) is 22.3 Å². The molecule has 2 aromatic heterocycles. The van der Waals surface area contributed by atoms with Crippen LogP contribution >= 0.6 is 11.3 Å². The van der Waals surface area contributed by atoms with Crippen molar-refractivity contribution in [2.24, 2.45) is 0 Å². The minimum atomic E-state index is -1.06. The average molecular weight is 746 g/mol. The van der Waals surface area contributed by atoms with Gasteiger partial charge >= 0.3 is 6.09 Å². The van der Waals surface area contributed by atoms with Gasteiger partial charge in [-0.1, -0.05) is 72.0 Å². The number of amides is 2. The highest BCUT2D eigenvalue weighted by Crippen LogP contribution is 2.45. The van der Waals surface area contributed by atoms with Crippen LogP contribution in [0.3, 0.4) is 0 Å². The molecule has 1 fully saturated rings. The number of nitrogens with two attached hydrogens (primary N) is 1. The third-order valence-corrected chi connectivity index (χ3v) is 12.1. The van der Waals surface area contributed by atoms with Gasteiger partial charge in [0.25, 0.3) is 0 Å². The Labute approximate surface area is 317 Å². The molecule has 2 atom stereocenters. The fourth-order valence-electron chi connectivity index (χ4n) is 8.71. The Balaban J connectivity index is 1.09. The second-order valence-corrected chi connectivity index (χ2v) is 15.6. The lowest BCUT2D eigenvalue weighted by Crippen LogP contribution is -2.47. The summed E-state index contributed by atoms with van der Waals surface area (Å²) in [5.74, 6) is -0.503. The molecule has 1 saturated heterocycles. The Hall–Kier alpha value is -5.26. The van der Waals surface area contributed by atoms with E-state index in [4.69, 9.17) is 10.5 Å². The summed E-state index contributed by atoms with van der Waals surface area (Å²) in [5, 5.41) is 12.0. The molecule has 1 aliphatic carbocycles. The number of methoxy groups -OCH3 is 1. The summed E-state index contributed by atoms with van der Waals surface area (Å²) in [5.41, 5.74) is 14.0. The van der Waals surface area contributed by atoms with E-state index in [0.717, 1.165) is 68.5 Å². The number of hydrogen-bond acceptors (Lipinski definition) is 6. The van der Waals surface area contributed by atoms with Crippen LogP contribution in [-0.2, 0) is 22.5 Å². The van der Waals surface area contributed by atoms with Crippen LogP contribution in [0, 0.1) is 5.82 Å². The smallest absolute Gasteiger partial charge is 0.407 e. The predicted molar refractivity (Wildman–Crippen MR) is 212 cm³/mol. The van der Waals surface area contributed by atoms with Crippen LogP contribution in [0.2, 0.25) is 0 Å². The SMILES string of the molecule is COCCCn1c(C2CCCN(C(=O)C[C@@H](Cc3ccc4nc(N)sc4c3)N(CC3c4ccccc4-c4ccccc43)C(=O)O)C2)cc2c(F)cccc21. The van der Waals surface area contributed by atoms with Crippen molar-refractivity contribution in [2.75, 3.05) is 39.1 Å². The first kappa shape index (κ1) is 35.8. The van der Waals surface area contributed by atoms with Gasteiger partial charge in [-0.05, 0) is 83.8 Å². The monoisotopic (exact) mass is 745 g/mol. The molecule has 8 rings (SSSR count). The predicted octanol–water partition coefficient (Wildman–Crippen LogP) is 8.51. The molecule has 3 N–H and O–H groups in total. The molecule has 3 heterocycles. The Morgan fingerprint density at radius 1 is 1.04 bits per heavy atom. The van der Waals surface area contributed by atoms with E-state index in [1.807, 2.05) is 59.5 Å². The first-order chi connectivity index (χ1) is 26.3. The van der Waals surface area contributed by atoms with Gasteiger partial charge < -0.3 is 29.9 Å². The number of nitrogens with zero attached hydrogens (tertiary/aromatic N) is 4. The lowest BCUT2D eigenvalue weighted by atomic mass is 9.92. The number of benzene rings is 4. The first-order valence-corrected chi connectivity index (χ1v) is 19.5. The van der Waals surface area contributed by atoms with Gasteiger partial charge in [-0.3, -0.25) is 4.79 Å². The quantitative estimate of drug-likeness (QED) is 0.122. The molecule has 1 unspecified atom stereocenters. The number of rotatable bonds is 12. The number of carboxylic acid groups (broad SMARTS) is 1. The standard InChI is InChI=1S/C43H44FN5O4S/c1-53-20-8-19-48-38-15-6-14-36(44)34(38)24-39(48)28-9-7-18-47(25-28)41(50)23-29(21-27-16-17-37-40(22-27)54-42(45)46-37)49(43(51)52)26-35-32-12-4-2-10-30(32)31-11-3-5-13-33(31)35/h2-6,10-17,22,24,28-29,35H,7-9,18-21,23,25-26H2,1H3,(H2,45,46)(H,51,52)/t28?,29-/m1/s1. The Kier molecular flexibility index (Phi) is 10.1. The molecule has 0 saturated carbocycles. The fourth-order valence-corrected chi connectivity index (χ4v) is 9.51. The third-order valence-electron chi connectivity index (χ3n) is 11.2. The summed E-state index contributed by atoms with van der Waals surface area (Å²) >= 11 is 1.39. The molecule has 9 nitrogen and oxygen atoms in total. The van der Waals surface area contributed by atoms with Crippen LogP contribution < -0.4 is 5.73 Å². The van der Waals surface area contributed by atoms with E-state index < -0.39 is 12.1 Å². The molecule has 0 bridgehead atoms. The number of thiazole rings is 1. The van der Waals surface area contributed by atoms with Crippen molar-refractivity contribution in [2.45, 2.75) is 56.5 Å². The topological polar surface area (TPSA) is 114 Å². The summed E-state index contributed by atoms with van der Waals surface area (Å²) in [4.78, 5) is 35.6. The number of anilines is 1. The van der Waals surface area contributed by atoms with Crippen molar-refractivity contribution in [3.8, 4) is 11.1 Å². The zero-order chi connectivity index (χ0) is 37.3. The van der Waals surface area contributed by atoms with Gasteiger partial charge in [-0.25, -0.2) is 14.2 Å². The van der Waals surface area contributed by atoms with Crippen molar-refractivity contribution >= 4 is 49.6 Å². The van der Waals surface area contributed by atoms with E-state index in [2.05, 4.69) is 33.8 Å². The van der Waals surface area contributed by atoms with Crippen LogP contribution in [0.5, 0.6) is 0 Å². The minimum Gasteiger partial charge on any atom is -0.465 e. The number of piperidine rings is 1. The third kappa shape index (κ3) is 6.94. The molecule has 4 aromatic carbocycles. The molecule has 11 heteroatoms. The maximum absolute atomic E-state index is 15.0. The lowest BCUT2D eigenvalue weighted by molar-refractivity contribution is -0.133. The van der Waals surface area contributed by atoms with Crippen molar-refractivity contribution < 1.29 is 23.8 Å². The van der Waals surface area contributed by atoms with Gasteiger partial charge in [0.1, 0.15) is 5.82 Å². The Morgan fingerprint density at radius 2 is 1.80 bits per heavy atom. The van der Waals surface area contributed by atoms with Crippen LogP contribution in [0.1, 0.15) is 59.9 Å². The normalized spacial score (nSPS) is 16.1. The largest absolute Gasteiger partial charge is 0.465 e. The van der Waals surface area contributed by atoms with Crippen LogP contribution in [0.15, 0.2) is 91.0 Å². The van der Waals surface area contributed by atoms with Gasteiger partial charge in [0.05, 0.1) is 15.7 Å². The Morgan fingerprint density at radius 3 is 2.54 bits per heavy atom. The molecule has 0 spiro atoms. The number of carbonyl (C=O) groups excluding carboxylic acids is 1. The van der Waals surface area contributed by atoms with E-state index in [0.29, 0.717) is 43.2 Å². The van der Waals surface area contributed by atoms with Crippen molar-refractivity contribution in [3.05, 3.63) is 119 Å². The number of hydrogen-bond donors (Lipinski definition) is 2.